The highest BCUT2D eigenvalue weighted by Gasteiger charge is 2.56. The number of nitrogens with one attached hydrogen (secondary N) is 2. The van der Waals surface area contributed by atoms with Crippen molar-refractivity contribution in [1.29, 1.82) is 0 Å². The van der Waals surface area contributed by atoms with E-state index < -0.39 is 11.6 Å². The molecule has 126 valence electrons. The van der Waals surface area contributed by atoms with Gasteiger partial charge < -0.3 is 10.6 Å². The highest BCUT2D eigenvalue weighted by molar-refractivity contribution is 7.15. The van der Waals surface area contributed by atoms with E-state index in [0.29, 0.717) is 0 Å². The molecule has 2 aliphatic rings. The zero-order valence-corrected chi connectivity index (χ0v) is 13.9. The van der Waals surface area contributed by atoms with Crippen molar-refractivity contribution in [3.05, 3.63) is 23.5 Å². The van der Waals surface area contributed by atoms with Gasteiger partial charge in [-0.3, -0.25) is 18.9 Å². The molecule has 4 rings (SSSR count). The number of amides is 4. The molecule has 0 aromatic carbocycles. The Bertz CT molecular complexity index is 811. The fourth-order valence-corrected chi connectivity index (χ4v) is 3.77. The van der Waals surface area contributed by atoms with Crippen LogP contribution < -0.4 is 10.6 Å². The van der Waals surface area contributed by atoms with Gasteiger partial charge in [0.15, 0.2) is 4.96 Å². The van der Waals surface area contributed by atoms with E-state index in [1.54, 1.807) is 6.92 Å². The largest absolute Gasteiger partial charge is 0.349 e. The third-order valence-electron chi connectivity index (χ3n) is 4.61. The van der Waals surface area contributed by atoms with E-state index in [9.17, 15) is 14.4 Å². The molecule has 0 radical (unpaired) electrons. The lowest BCUT2D eigenvalue weighted by Crippen LogP contribution is -2.46. The van der Waals surface area contributed by atoms with Crippen molar-refractivity contribution >= 4 is 34.1 Å². The van der Waals surface area contributed by atoms with Crippen molar-refractivity contribution in [2.45, 2.75) is 31.8 Å². The van der Waals surface area contributed by atoms with Gasteiger partial charge in [0.1, 0.15) is 12.1 Å². The molecule has 2 aromatic heterocycles. The first-order chi connectivity index (χ1) is 11.5. The zero-order valence-electron chi connectivity index (χ0n) is 13.1. The van der Waals surface area contributed by atoms with Gasteiger partial charge in [-0.1, -0.05) is 0 Å². The maximum atomic E-state index is 12.5. The third-order valence-corrected chi connectivity index (χ3v) is 5.38. The van der Waals surface area contributed by atoms with Crippen LogP contribution in [0.15, 0.2) is 17.8 Å². The number of imide groups is 1. The number of rotatable bonds is 5. The lowest BCUT2D eigenvalue weighted by molar-refractivity contribution is -0.135. The monoisotopic (exact) mass is 347 g/mol. The summed E-state index contributed by atoms with van der Waals surface area (Å²) in [4.78, 5) is 42.8. The lowest BCUT2D eigenvalue weighted by Gasteiger charge is -2.20. The summed E-state index contributed by atoms with van der Waals surface area (Å²) in [6.07, 6.45) is 5.59. The predicted molar refractivity (Wildman–Crippen MR) is 86.3 cm³/mol. The first-order valence-electron chi connectivity index (χ1n) is 7.79. The maximum Gasteiger partial charge on any atom is 0.325 e. The number of aromatic nitrogens is 2. The molecule has 1 saturated carbocycles. The highest BCUT2D eigenvalue weighted by Crippen LogP contribution is 2.42. The number of hydrogen-bond donors (Lipinski definition) is 2. The van der Waals surface area contributed by atoms with E-state index in [-0.39, 0.29) is 30.8 Å². The Labute approximate surface area is 141 Å². The predicted octanol–water partition coefficient (Wildman–Crippen LogP) is 0.732. The molecule has 1 unspecified atom stereocenters. The molecule has 0 bridgehead atoms. The Morgan fingerprint density at radius 3 is 3.00 bits per heavy atom. The van der Waals surface area contributed by atoms with Gasteiger partial charge in [-0.2, -0.15) is 0 Å². The minimum atomic E-state index is -0.856. The topological polar surface area (TPSA) is 95.8 Å². The number of urea groups is 1. The van der Waals surface area contributed by atoms with E-state index in [4.69, 9.17) is 0 Å². The fraction of sp³-hybridized carbons (Fsp3) is 0.467. The first kappa shape index (κ1) is 15.1. The smallest absolute Gasteiger partial charge is 0.325 e. The highest BCUT2D eigenvalue weighted by atomic mass is 32.1. The molecular weight excluding hydrogens is 330 g/mol. The van der Waals surface area contributed by atoms with E-state index in [0.717, 1.165) is 28.4 Å². The van der Waals surface area contributed by atoms with Gasteiger partial charge in [0.05, 0.1) is 12.2 Å². The second-order valence-electron chi connectivity index (χ2n) is 6.40. The van der Waals surface area contributed by atoms with Crippen LogP contribution in [0.5, 0.6) is 0 Å². The molecule has 1 atom stereocenters. The second-order valence-corrected chi connectivity index (χ2v) is 7.27. The van der Waals surface area contributed by atoms with Crippen LogP contribution in [-0.4, -0.2) is 44.2 Å². The molecule has 2 fully saturated rings. The SMILES string of the molecule is CC1(C2CC2)NC(=O)N(CC(=O)NCc2cn3ccsc3n2)C1=O. The lowest BCUT2D eigenvalue weighted by atomic mass is 9.96. The normalized spacial score (nSPS) is 23.8. The van der Waals surface area contributed by atoms with E-state index in [1.165, 1.54) is 11.3 Å². The summed E-state index contributed by atoms with van der Waals surface area (Å²) in [6.45, 7) is 1.73. The number of imidazole rings is 1. The van der Waals surface area contributed by atoms with Crippen molar-refractivity contribution < 1.29 is 14.4 Å². The standard InChI is InChI=1S/C15H17N5O3S/c1-15(9-2-3-9)12(22)20(13(23)18-15)8-11(21)16-6-10-7-19-4-5-24-14(19)17-10/h4-5,7,9H,2-3,6,8H2,1H3,(H,16,21)(H,18,23). The van der Waals surface area contributed by atoms with Crippen molar-refractivity contribution in [1.82, 2.24) is 24.9 Å². The molecule has 8 nitrogen and oxygen atoms in total. The van der Waals surface area contributed by atoms with Crippen LogP contribution in [0.4, 0.5) is 4.79 Å². The van der Waals surface area contributed by atoms with Crippen LogP contribution in [0, 0.1) is 5.92 Å². The molecule has 4 amide bonds. The number of hydrogen-bond acceptors (Lipinski definition) is 5. The maximum absolute atomic E-state index is 12.5. The Kier molecular flexibility index (Phi) is 3.34. The minimum Gasteiger partial charge on any atom is -0.349 e. The van der Waals surface area contributed by atoms with Crippen LogP contribution in [-0.2, 0) is 16.1 Å². The van der Waals surface area contributed by atoms with Crippen LogP contribution in [0.25, 0.3) is 4.96 Å². The molecule has 1 aliphatic carbocycles. The van der Waals surface area contributed by atoms with Crippen LogP contribution in [0.2, 0.25) is 0 Å². The van der Waals surface area contributed by atoms with E-state index >= 15 is 0 Å². The van der Waals surface area contributed by atoms with Gasteiger partial charge in [0, 0.05) is 17.8 Å². The number of fused-ring (bicyclic) bond motifs is 1. The van der Waals surface area contributed by atoms with Crippen molar-refractivity contribution in [3.8, 4) is 0 Å². The molecule has 1 aliphatic heterocycles. The summed E-state index contributed by atoms with van der Waals surface area (Å²) in [5, 5.41) is 7.36. The Morgan fingerprint density at radius 1 is 1.50 bits per heavy atom. The zero-order chi connectivity index (χ0) is 16.9. The summed E-state index contributed by atoms with van der Waals surface area (Å²) in [5.74, 6) is -0.511. The summed E-state index contributed by atoms with van der Waals surface area (Å²) in [5.41, 5.74) is -0.124. The van der Waals surface area contributed by atoms with Gasteiger partial charge >= 0.3 is 6.03 Å². The minimum absolute atomic E-state index is 0.181. The third kappa shape index (κ3) is 2.44. The van der Waals surface area contributed by atoms with Crippen LogP contribution >= 0.6 is 11.3 Å². The average molecular weight is 347 g/mol. The average Bonchev–Trinajstić information content (AvgIpc) is 3.14. The van der Waals surface area contributed by atoms with Crippen molar-refractivity contribution in [2.75, 3.05) is 6.54 Å². The molecule has 3 heterocycles. The number of thiazole rings is 1. The summed E-state index contributed by atoms with van der Waals surface area (Å²) < 4.78 is 1.88. The Hall–Kier alpha value is -2.42. The fourth-order valence-electron chi connectivity index (χ4n) is 3.05. The molecule has 9 heteroatoms. The molecule has 1 saturated heterocycles. The Balaban J connectivity index is 1.36. The van der Waals surface area contributed by atoms with E-state index in [1.807, 2.05) is 22.2 Å². The van der Waals surface area contributed by atoms with Crippen molar-refractivity contribution in [3.63, 3.8) is 0 Å². The second kappa shape index (κ2) is 5.30. The van der Waals surface area contributed by atoms with E-state index in [2.05, 4.69) is 15.6 Å². The van der Waals surface area contributed by atoms with Gasteiger partial charge in [-0.05, 0) is 25.7 Å². The first-order valence-corrected chi connectivity index (χ1v) is 8.67. The molecule has 0 spiro atoms. The summed E-state index contributed by atoms with van der Waals surface area (Å²) in [6, 6.07) is -0.493. The Morgan fingerprint density at radius 2 is 2.29 bits per heavy atom. The number of carbonyl (C=O) groups is 3. The number of nitrogens with zero attached hydrogens (tertiary/aromatic N) is 3. The molecule has 2 aromatic rings. The van der Waals surface area contributed by atoms with Crippen LogP contribution in [0.1, 0.15) is 25.5 Å². The van der Waals surface area contributed by atoms with Gasteiger partial charge in [-0.15, -0.1) is 11.3 Å². The van der Waals surface area contributed by atoms with Crippen molar-refractivity contribution in [2.24, 2.45) is 5.92 Å². The summed E-state index contributed by atoms with van der Waals surface area (Å²) >= 11 is 1.51. The number of carbonyl (C=O) groups excluding carboxylic acids is 3. The van der Waals surface area contributed by atoms with Gasteiger partial charge in [0.25, 0.3) is 5.91 Å². The van der Waals surface area contributed by atoms with Gasteiger partial charge in [-0.25, -0.2) is 9.78 Å². The van der Waals surface area contributed by atoms with Gasteiger partial charge in [0.2, 0.25) is 5.91 Å². The van der Waals surface area contributed by atoms with Crippen LogP contribution in [0.3, 0.4) is 0 Å². The molecule has 2 N–H and O–H groups in total. The molecular formula is C15H17N5O3S. The molecule has 24 heavy (non-hydrogen) atoms. The quantitative estimate of drug-likeness (QED) is 0.780. The summed E-state index contributed by atoms with van der Waals surface area (Å²) in [7, 11) is 0.